The van der Waals surface area contributed by atoms with E-state index in [-0.39, 0.29) is 41.3 Å². The maximum Gasteiger partial charge on any atom is 0.398 e. The number of urea groups is 1. The Kier molecular flexibility index (Phi) is 9.21. The third-order valence-corrected chi connectivity index (χ3v) is 7.44. The van der Waals surface area contributed by atoms with Gasteiger partial charge in [0.25, 0.3) is 11.8 Å². The summed E-state index contributed by atoms with van der Waals surface area (Å²) in [5, 5.41) is 9.93. The van der Waals surface area contributed by atoms with E-state index < -0.39 is 36.6 Å². The van der Waals surface area contributed by atoms with Gasteiger partial charge >= 0.3 is 12.2 Å². The zero-order chi connectivity index (χ0) is 32.5. The van der Waals surface area contributed by atoms with E-state index >= 15 is 0 Å². The third kappa shape index (κ3) is 6.63. The van der Waals surface area contributed by atoms with Gasteiger partial charge in [-0.2, -0.15) is 18.3 Å². The summed E-state index contributed by atoms with van der Waals surface area (Å²) < 4.78 is 45.1. The van der Waals surface area contributed by atoms with Crippen LogP contribution >= 0.6 is 0 Å². The number of alkyl halides is 3. The van der Waals surface area contributed by atoms with Crippen LogP contribution in [0.25, 0.3) is 0 Å². The number of benzene rings is 1. The van der Waals surface area contributed by atoms with Crippen molar-refractivity contribution in [3.63, 3.8) is 0 Å². The lowest BCUT2D eigenvalue weighted by Gasteiger charge is -2.40. The molecule has 0 spiro atoms. The first-order chi connectivity index (χ1) is 20.6. The molecule has 1 aliphatic rings. The number of carbonyl (C=O) groups is 3. The number of anilines is 2. The highest BCUT2D eigenvalue weighted by Crippen LogP contribution is 2.47. The number of carbonyl (C=O) groups excluding carboxylic acids is 3. The Morgan fingerprint density at radius 1 is 1.02 bits per heavy atom. The van der Waals surface area contributed by atoms with E-state index in [0.717, 1.165) is 5.56 Å². The van der Waals surface area contributed by atoms with Gasteiger partial charge in [-0.05, 0) is 50.6 Å². The van der Waals surface area contributed by atoms with Crippen LogP contribution in [-0.4, -0.2) is 83.3 Å². The molecular formula is C30H37F3N8O3. The number of pyridine rings is 1. The fraction of sp³-hybridized carbons (Fsp3) is 0.433. The minimum absolute atomic E-state index is 0.0400. The molecule has 0 saturated heterocycles. The van der Waals surface area contributed by atoms with Gasteiger partial charge in [0.15, 0.2) is 5.69 Å². The third-order valence-electron chi connectivity index (χ3n) is 7.44. The molecule has 2 atom stereocenters. The monoisotopic (exact) mass is 614 g/mol. The van der Waals surface area contributed by atoms with Crippen molar-refractivity contribution in [3.8, 4) is 0 Å². The molecule has 1 aliphatic heterocycles. The molecule has 3 heterocycles. The van der Waals surface area contributed by atoms with E-state index in [9.17, 15) is 27.6 Å². The second-order valence-corrected chi connectivity index (χ2v) is 11.4. The normalized spacial score (nSPS) is 16.4. The first-order valence-electron chi connectivity index (χ1n) is 14.1. The molecule has 2 aromatic heterocycles. The number of hydrogen-bond acceptors (Lipinski definition) is 6. The summed E-state index contributed by atoms with van der Waals surface area (Å²) in [6.45, 7) is 4.82. The van der Waals surface area contributed by atoms with Crippen molar-refractivity contribution in [1.29, 1.82) is 0 Å². The van der Waals surface area contributed by atoms with E-state index in [1.807, 2.05) is 0 Å². The molecular weight excluding hydrogens is 577 g/mol. The summed E-state index contributed by atoms with van der Waals surface area (Å²) in [6.07, 6.45) is -3.29. The van der Waals surface area contributed by atoms with Gasteiger partial charge in [0.05, 0.1) is 17.3 Å². The summed E-state index contributed by atoms with van der Waals surface area (Å²) in [6, 6.07) is 8.48. The van der Waals surface area contributed by atoms with Crippen molar-refractivity contribution < 1.29 is 27.6 Å². The Morgan fingerprint density at radius 2 is 1.68 bits per heavy atom. The zero-order valence-corrected chi connectivity index (χ0v) is 25.7. The van der Waals surface area contributed by atoms with E-state index in [0.29, 0.717) is 11.3 Å². The number of hydrogen-bond donors (Lipinski definition) is 2. The number of nitrogens with zero attached hydrogens (tertiary/aromatic N) is 6. The highest BCUT2D eigenvalue weighted by Gasteiger charge is 2.51. The Morgan fingerprint density at radius 3 is 2.20 bits per heavy atom. The van der Waals surface area contributed by atoms with Crippen molar-refractivity contribution in [1.82, 2.24) is 29.9 Å². The molecule has 4 rings (SSSR count). The second kappa shape index (κ2) is 12.5. The van der Waals surface area contributed by atoms with Gasteiger partial charge in [0.1, 0.15) is 11.7 Å². The predicted molar refractivity (Wildman–Crippen MR) is 160 cm³/mol. The summed E-state index contributed by atoms with van der Waals surface area (Å²) in [5.74, 6) is -2.57. The van der Waals surface area contributed by atoms with Crippen molar-refractivity contribution in [3.05, 3.63) is 70.7 Å². The molecule has 3 aromatic rings. The molecule has 14 heteroatoms. The molecule has 0 radical (unpaired) electrons. The lowest BCUT2D eigenvalue weighted by Crippen LogP contribution is -2.43. The highest BCUT2D eigenvalue weighted by atomic mass is 19.4. The Bertz CT molecular complexity index is 1520. The SMILES string of the molecule is CC(C)n1nc(C(=O)NCc2ccc(NC(=O)N(C)C)cc2)c2c1[C@@H](C(F)(F)F)CN(c1ccc(C(=O)N(C)C)cn1)[C@H]2C. The van der Waals surface area contributed by atoms with Crippen LogP contribution in [0.4, 0.5) is 29.5 Å². The smallest absolute Gasteiger partial charge is 0.349 e. The number of halogens is 3. The fourth-order valence-corrected chi connectivity index (χ4v) is 5.08. The minimum atomic E-state index is -4.63. The molecule has 1 aromatic carbocycles. The van der Waals surface area contributed by atoms with Gasteiger partial charge in [0, 0.05) is 64.8 Å². The first kappa shape index (κ1) is 32.3. The lowest BCUT2D eigenvalue weighted by atomic mass is 9.88. The van der Waals surface area contributed by atoms with Crippen LogP contribution in [0.2, 0.25) is 0 Å². The predicted octanol–water partition coefficient (Wildman–Crippen LogP) is 4.81. The van der Waals surface area contributed by atoms with Crippen LogP contribution in [0, 0.1) is 0 Å². The highest BCUT2D eigenvalue weighted by molar-refractivity contribution is 5.95. The summed E-state index contributed by atoms with van der Waals surface area (Å²) >= 11 is 0. The quantitative estimate of drug-likeness (QED) is 0.395. The largest absolute Gasteiger partial charge is 0.398 e. The number of aromatic nitrogens is 3. The molecule has 44 heavy (non-hydrogen) atoms. The van der Waals surface area contributed by atoms with Gasteiger partial charge in [0.2, 0.25) is 0 Å². The first-order valence-corrected chi connectivity index (χ1v) is 14.1. The van der Waals surface area contributed by atoms with Gasteiger partial charge in [-0.25, -0.2) is 9.78 Å². The van der Waals surface area contributed by atoms with Crippen molar-refractivity contribution in [2.45, 2.75) is 51.5 Å². The average molecular weight is 615 g/mol. The topological polar surface area (TPSA) is 116 Å². The van der Waals surface area contributed by atoms with Gasteiger partial charge in [-0.1, -0.05) is 12.1 Å². The van der Waals surface area contributed by atoms with Gasteiger partial charge in [-0.3, -0.25) is 14.3 Å². The standard InChI is InChI=1S/C30H37F3N8O3/c1-17(2)41-26-22(30(31,32)33)16-40(23-13-10-20(15-34-23)28(43)38(4)5)18(3)24(26)25(37-41)27(42)35-14-19-8-11-21(12-9-19)36-29(44)39(6)7/h8-13,15,17-18,22H,14,16H2,1-7H3,(H,35,42)(H,36,44)/t18-,22-/m0/s1. The molecule has 11 nitrogen and oxygen atoms in total. The average Bonchev–Trinajstić information content (AvgIpc) is 3.37. The summed E-state index contributed by atoms with van der Waals surface area (Å²) in [4.78, 5) is 46.3. The van der Waals surface area contributed by atoms with Gasteiger partial charge in [-0.15, -0.1) is 0 Å². The summed E-state index contributed by atoms with van der Waals surface area (Å²) in [7, 11) is 6.43. The van der Waals surface area contributed by atoms with Crippen LogP contribution in [0.15, 0.2) is 42.6 Å². The molecule has 236 valence electrons. The van der Waals surface area contributed by atoms with Crippen LogP contribution in [0.1, 0.15) is 76.4 Å². The van der Waals surface area contributed by atoms with Crippen molar-refractivity contribution in [2.24, 2.45) is 0 Å². The fourth-order valence-electron chi connectivity index (χ4n) is 5.08. The molecule has 4 amide bonds. The number of rotatable bonds is 7. The molecule has 0 bridgehead atoms. The van der Waals surface area contributed by atoms with E-state index in [1.54, 1.807) is 73.2 Å². The van der Waals surface area contributed by atoms with Crippen LogP contribution < -0.4 is 15.5 Å². The Labute approximate surface area is 254 Å². The number of amides is 4. The molecule has 0 fully saturated rings. The van der Waals surface area contributed by atoms with Crippen molar-refractivity contribution in [2.75, 3.05) is 45.0 Å². The van der Waals surface area contributed by atoms with Crippen molar-refractivity contribution >= 4 is 29.4 Å². The number of nitrogens with one attached hydrogen (secondary N) is 2. The lowest BCUT2D eigenvalue weighted by molar-refractivity contribution is -0.151. The van der Waals surface area contributed by atoms with E-state index in [1.165, 1.54) is 37.7 Å². The van der Waals surface area contributed by atoms with Crippen LogP contribution in [0.5, 0.6) is 0 Å². The Balaban J connectivity index is 1.66. The van der Waals surface area contributed by atoms with E-state index in [2.05, 4.69) is 20.7 Å². The number of fused-ring (bicyclic) bond motifs is 1. The maximum absolute atomic E-state index is 14.6. The van der Waals surface area contributed by atoms with E-state index in [4.69, 9.17) is 0 Å². The summed E-state index contributed by atoms with van der Waals surface area (Å²) in [5.41, 5.74) is 1.65. The molecule has 0 unspecified atom stereocenters. The maximum atomic E-state index is 14.6. The van der Waals surface area contributed by atoms with Gasteiger partial charge < -0.3 is 25.3 Å². The van der Waals surface area contributed by atoms with Crippen LogP contribution in [-0.2, 0) is 6.54 Å². The second-order valence-electron chi connectivity index (χ2n) is 11.4. The molecule has 0 saturated carbocycles. The molecule has 0 aliphatic carbocycles. The minimum Gasteiger partial charge on any atom is -0.349 e. The zero-order valence-electron chi connectivity index (χ0n) is 25.7. The Hall–Kier alpha value is -4.62. The van der Waals surface area contributed by atoms with Crippen LogP contribution in [0.3, 0.4) is 0 Å². The molecule has 2 N–H and O–H groups in total.